The number of esters is 1. The van der Waals surface area contributed by atoms with Crippen LogP contribution in [0.2, 0.25) is 5.02 Å². The fraction of sp³-hybridized carbons (Fsp3) is 0.550. The number of hydrogen-bond acceptors (Lipinski definition) is 6. The summed E-state index contributed by atoms with van der Waals surface area (Å²) in [6, 6.07) is 7.09. The smallest absolute Gasteiger partial charge is 0.413 e. The number of benzene rings is 1. The van der Waals surface area contributed by atoms with Crippen LogP contribution in [0.5, 0.6) is 0 Å². The highest BCUT2D eigenvalue weighted by molar-refractivity contribution is 6.31. The molecule has 160 valence electrons. The molecule has 8 nitrogen and oxygen atoms in total. The predicted molar refractivity (Wildman–Crippen MR) is 106 cm³/mol. The van der Waals surface area contributed by atoms with E-state index in [1.54, 1.807) is 24.3 Å². The fourth-order valence-electron chi connectivity index (χ4n) is 3.67. The van der Waals surface area contributed by atoms with E-state index in [4.69, 9.17) is 21.1 Å². The average Bonchev–Trinajstić information content (AvgIpc) is 2.67. The zero-order valence-electron chi connectivity index (χ0n) is 16.8. The fourth-order valence-corrected chi connectivity index (χ4v) is 3.97. The first-order valence-electron chi connectivity index (χ1n) is 9.50. The van der Waals surface area contributed by atoms with Crippen LogP contribution >= 0.6 is 11.6 Å². The van der Waals surface area contributed by atoms with Gasteiger partial charge in [-0.2, -0.15) is 0 Å². The first-order chi connectivity index (χ1) is 13.7. The molecular formula is C20H27ClN2O6. The molecule has 1 aromatic carbocycles. The molecule has 0 saturated heterocycles. The van der Waals surface area contributed by atoms with Crippen LogP contribution in [0.1, 0.15) is 45.1 Å². The van der Waals surface area contributed by atoms with Crippen molar-refractivity contribution in [1.29, 1.82) is 0 Å². The molecule has 1 aromatic rings. The normalized spacial score (nSPS) is 22.3. The van der Waals surface area contributed by atoms with Gasteiger partial charge in [0.15, 0.2) is 0 Å². The Kier molecular flexibility index (Phi) is 7.87. The molecule has 3 atom stereocenters. The third-order valence-corrected chi connectivity index (χ3v) is 5.42. The van der Waals surface area contributed by atoms with E-state index in [-0.39, 0.29) is 12.5 Å². The van der Waals surface area contributed by atoms with E-state index in [0.717, 1.165) is 12.8 Å². The Morgan fingerprint density at radius 1 is 1.31 bits per heavy atom. The lowest BCUT2D eigenvalue weighted by atomic mass is 9.73. The van der Waals surface area contributed by atoms with Crippen molar-refractivity contribution in [3.05, 3.63) is 34.9 Å². The highest BCUT2D eigenvalue weighted by Gasteiger charge is 2.48. The van der Waals surface area contributed by atoms with Gasteiger partial charge < -0.3 is 19.9 Å². The lowest BCUT2D eigenvalue weighted by Gasteiger charge is -2.48. The quantitative estimate of drug-likeness (QED) is 0.535. The average molecular weight is 427 g/mol. The molecule has 2 rings (SSSR count). The standard InChI is InChI=1S/C20H27ClN2O6/c1-13(24)22-12-18(26)28-14(2)29-19(27)23(3)20(11-7-6-10-17(20)25)15-8-4-5-9-16(15)21/h4-5,8-9,14,17,25H,6-7,10-12H2,1-3H3,(H,22,24)/t14?,17?,20-/m1/s1. The van der Waals surface area contributed by atoms with Crippen molar-refractivity contribution in [3.63, 3.8) is 0 Å². The molecule has 0 bridgehead atoms. The van der Waals surface area contributed by atoms with E-state index < -0.39 is 30.0 Å². The monoisotopic (exact) mass is 426 g/mol. The van der Waals surface area contributed by atoms with Crippen molar-refractivity contribution in [3.8, 4) is 0 Å². The molecule has 0 spiro atoms. The summed E-state index contributed by atoms with van der Waals surface area (Å²) in [5, 5.41) is 13.6. The Morgan fingerprint density at radius 3 is 2.62 bits per heavy atom. The van der Waals surface area contributed by atoms with Crippen LogP contribution in [0.3, 0.4) is 0 Å². The lowest BCUT2D eigenvalue weighted by Crippen LogP contribution is -2.56. The third-order valence-electron chi connectivity index (χ3n) is 5.10. The summed E-state index contributed by atoms with van der Waals surface area (Å²) in [4.78, 5) is 36.7. The number of carbonyl (C=O) groups is 3. The summed E-state index contributed by atoms with van der Waals surface area (Å²) in [5.74, 6) is -1.11. The van der Waals surface area contributed by atoms with Crippen LogP contribution in [-0.4, -0.2) is 54.0 Å². The summed E-state index contributed by atoms with van der Waals surface area (Å²) in [6.07, 6.45) is -0.0777. The number of aliphatic hydroxyl groups excluding tert-OH is 1. The number of aliphatic hydroxyl groups is 1. The SMILES string of the molecule is CC(=O)NCC(=O)OC(C)OC(=O)N(C)[C@@]1(c2ccccc2Cl)CCCCC1O. The second-order valence-corrected chi connectivity index (χ2v) is 7.48. The lowest BCUT2D eigenvalue weighted by molar-refractivity contribution is -0.167. The minimum atomic E-state index is -1.17. The van der Waals surface area contributed by atoms with Gasteiger partial charge in [-0.3, -0.25) is 14.5 Å². The molecule has 2 unspecified atom stereocenters. The van der Waals surface area contributed by atoms with Crippen molar-refractivity contribution in [2.45, 2.75) is 57.5 Å². The van der Waals surface area contributed by atoms with Gasteiger partial charge in [-0.15, -0.1) is 0 Å². The molecular weight excluding hydrogens is 400 g/mol. The van der Waals surface area contributed by atoms with Crippen molar-refractivity contribution in [1.82, 2.24) is 10.2 Å². The summed E-state index contributed by atoms with van der Waals surface area (Å²) >= 11 is 6.40. The van der Waals surface area contributed by atoms with Gasteiger partial charge in [-0.1, -0.05) is 42.6 Å². The summed E-state index contributed by atoms with van der Waals surface area (Å²) in [7, 11) is 1.53. The Balaban J connectivity index is 2.16. The highest BCUT2D eigenvalue weighted by Crippen LogP contribution is 2.44. The number of amides is 2. The van der Waals surface area contributed by atoms with Crippen molar-refractivity contribution >= 4 is 29.6 Å². The topological polar surface area (TPSA) is 105 Å². The van der Waals surface area contributed by atoms with E-state index in [1.807, 2.05) is 0 Å². The molecule has 2 N–H and O–H groups in total. The number of nitrogens with zero attached hydrogens (tertiary/aromatic N) is 1. The van der Waals surface area contributed by atoms with Gasteiger partial charge in [0.1, 0.15) is 6.54 Å². The molecule has 9 heteroatoms. The van der Waals surface area contributed by atoms with Gasteiger partial charge in [0.2, 0.25) is 12.2 Å². The van der Waals surface area contributed by atoms with Crippen LogP contribution < -0.4 is 5.32 Å². The predicted octanol–water partition coefficient (Wildman–Crippen LogP) is 2.56. The number of halogens is 1. The Bertz CT molecular complexity index is 758. The second-order valence-electron chi connectivity index (χ2n) is 7.08. The van der Waals surface area contributed by atoms with Crippen LogP contribution in [0.25, 0.3) is 0 Å². The Morgan fingerprint density at radius 2 is 2.00 bits per heavy atom. The summed E-state index contributed by atoms with van der Waals surface area (Å²) in [6.45, 7) is 2.35. The maximum atomic E-state index is 12.8. The van der Waals surface area contributed by atoms with E-state index in [2.05, 4.69) is 5.32 Å². The molecule has 2 amide bonds. The van der Waals surface area contributed by atoms with Gasteiger partial charge in [0.05, 0.1) is 11.6 Å². The van der Waals surface area contributed by atoms with Crippen LogP contribution in [0.15, 0.2) is 24.3 Å². The van der Waals surface area contributed by atoms with Gasteiger partial charge in [-0.05, 0) is 24.5 Å². The second kappa shape index (κ2) is 9.93. The third kappa shape index (κ3) is 5.39. The molecule has 29 heavy (non-hydrogen) atoms. The molecule has 1 aliphatic carbocycles. The Hall–Kier alpha value is -2.32. The molecule has 1 fully saturated rings. The highest BCUT2D eigenvalue weighted by atomic mass is 35.5. The number of hydrogen-bond donors (Lipinski definition) is 2. The molecule has 0 aromatic heterocycles. The van der Waals surface area contributed by atoms with Crippen LogP contribution in [0, 0.1) is 0 Å². The zero-order valence-corrected chi connectivity index (χ0v) is 17.6. The minimum absolute atomic E-state index is 0.324. The van der Waals surface area contributed by atoms with Crippen LogP contribution in [0.4, 0.5) is 4.79 Å². The van der Waals surface area contributed by atoms with Crippen molar-refractivity contribution in [2.75, 3.05) is 13.6 Å². The number of likely N-dealkylation sites (N-methyl/N-ethyl adjacent to an activating group) is 1. The van der Waals surface area contributed by atoms with Crippen molar-refractivity contribution < 1.29 is 29.0 Å². The minimum Gasteiger partial charge on any atom is -0.424 e. The molecule has 0 aliphatic heterocycles. The summed E-state index contributed by atoms with van der Waals surface area (Å²) < 4.78 is 10.2. The van der Waals surface area contributed by atoms with Gasteiger partial charge >= 0.3 is 12.1 Å². The molecule has 0 heterocycles. The number of carbonyl (C=O) groups excluding carboxylic acids is 3. The van der Waals surface area contributed by atoms with E-state index in [0.29, 0.717) is 23.4 Å². The van der Waals surface area contributed by atoms with Gasteiger partial charge in [0.25, 0.3) is 0 Å². The first kappa shape index (κ1) is 23.0. The number of nitrogens with one attached hydrogen (secondary N) is 1. The molecule has 1 saturated carbocycles. The van der Waals surface area contributed by atoms with E-state index in [1.165, 1.54) is 25.8 Å². The van der Waals surface area contributed by atoms with Crippen LogP contribution in [-0.2, 0) is 24.6 Å². The number of rotatable bonds is 6. The van der Waals surface area contributed by atoms with E-state index >= 15 is 0 Å². The maximum Gasteiger partial charge on any atom is 0.413 e. The van der Waals surface area contributed by atoms with Gasteiger partial charge in [-0.25, -0.2) is 4.79 Å². The Labute approximate surface area is 175 Å². The largest absolute Gasteiger partial charge is 0.424 e. The van der Waals surface area contributed by atoms with Crippen molar-refractivity contribution in [2.24, 2.45) is 0 Å². The number of ether oxygens (including phenoxy) is 2. The first-order valence-corrected chi connectivity index (χ1v) is 9.87. The van der Waals surface area contributed by atoms with Gasteiger partial charge in [0, 0.05) is 25.9 Å². The molecule has 0 radical (unpaired) electrons. The zero-order chi connectivity index (χ0) is 21.6. The maximum absolute atomic E-state index is 12.8. The van der Waals surface area contributed by atoms with E-state index in [9.17, 15) is 19.5 Å². The summed E-state index contributed by atoms with van der Waals surface area (Å²) in [5.41, 5.74) is -0.406. The molecule has 1 aliphatic rings.